The topological polar surface area (TPSA) is 49.4 Å². The molecule has 0 radical (unpaired) electrons. The number of carbonyl (C=O) groups excluding carboxylic acids is 2. The van der Waals surface area contributed by atoms with Gasteiger partial charge < -0.3 is 10.2 Å². The average Bonchev–Trinajstić information content (AvgIpc) is 3.30. The van der Waals surface area contributed by atoms with Crippen molar-refractivity contribution in [2.24, 2.45) is 17.8 Å². The molecule has 1 aliphatic carbocycles. The molecule has 2 rings (SSSR count). The highest BCUT2D eigenvalue weighted by Crippen LogP contribution is 2.33. The van der Waals surface area contributed by atoms with E-state index in [1.54, 1.807) is 0 Å². The summed E-state index contributed by atoms with van der Waals surface area (Å²) in [5.41, 5.74) is 0. The third-order valence-electron chi connectivity index (χ3n) is 5.32. The minimum Gasteiger partial charge on any atom is -0.342 e. The Hall–Kier alpha value is -1.06. The van der Waals surface area contributed by atoms with Crippen molar-refractivity contribution in [2.75, 3.05) is 6.54 Å². The Kier molecular flexibility index (Phi) is 5.28. The van der Waals surface area contributed by atoms with Crippen LogP contribution in [0.1, 0.15) is 59.8 Å². The fourth-order valence-corrected chi connectivity index (χ4v) is 3.15. The van der Waals surface area contributed by atoms with Gasteiger partial charge in [-0.2, -0.15) is 0 Å². The number of hydrogen-bond acceptors (Lipinski definition) is 2. The van der Waals surface area contributed by atoms with Crippen molar-refractivity contribution in [1.29, 1.82) is 0 Å². The van der Waals surface area contributed by atoms with Gasteiger partial charge in [0.15, 0.2) is 0 Å². The molecule has 0 aromatic rings. The molecule has 1 heterocycles. The molecule has 4 nitrogen and oxygen atoms in total. The van der Waals surface area contributed by atoms with Crippen LogP contribution in [0.15, 0.2) is 0 Å². The van der Waals surface area contributed by atoms with Crippen LogP contribution in [0.4, 0.5) is 0 Å². The zero-order valence-corrected chi connectivity index (χ0v) is 13.9. The number of amides is 2. The lowest BCUT2D eigenvalue weighted by molar-refractivity contribution is -0.153. The quantitative estimate of drug-likeness (QED) is 0.784. The van der Waals surface area contributed by atoms with E-state index in [2.05, 4.69) is 26.1 Å². The summed E-state index contributed by atoms with van der Waals surface area (Å²) in [7, 11) is 0. The van der Waals surface area contributed by atoms with Gasteiger partial charge in [0.1, 0.15) is 12.1 Å². The molecule has 0 spiro atoms. The van der Waals surface area contributed by atoms with Crippen molar-refractivity contribution in [1.82, 2.24) is 10.2 Å². The van der Waals surface area contributed by atoms with Crippen molar-refractivity contribution in [3.63, 3.8) is 0 Å². The Labute approximate surface area is 128 Å². The maximum atomic E-state index is 12.8. The monoisotopic (exact) mass is 294 g/mol. The van der Waals surface area contributed by atoms with E-state index in [0.29, 0.717) is 0 Å². The van der Waals surface area contributed by atoms with Gasteiger partial charge in [0.2, 0.25) is 11.8 Å². The molecule has 4 unspecified atom stereocenters. The smallest absolute Gasteiger partial charge is 0.246 e. The lowest BCUT2D eigenvalue weighted by atomic mass is 9.89. The molecule has 0 bridgehead atoms. The second kappa shape index (κ2) is 6.80. The first-order chi connectivity index (χ1) is 9.99. The summed E-state index contributed by atoms with van der Waals surface area (Å²) in [5.74, 6) is 1.37. The van der Waals surface area contributed by atoms with E-state index < -0.39 is 0 Å². The maximum absolute atomic E-state index is 12.8. The number of nitrogens with one attached hydrogen (secondary N) is 1. The van der Waals surface area contributed by atoms with Gasteiger partial charge in [-0.05, 0) is 24.2 Å². The van der Waals surface area contributed by atoms with Crippen molar-refractivity contribution in [3.05, 3.63) is 0 Å². The molecule has 1 saturated heterocycles. The van der Waals surface area contributed by atoms with Gasteiger partial charge in [-0.1, -0.05) is 53.4 Å². The maximum Gasteiger partial charge on any atom is 0.246 e. The largest absolute Gasteiger partial charge is 0.342 e. The number of rotatable bonds is 7. The van der Waals surface area contributed by atoms with E-state index in [1.165, 1.54) is 12.8 Å². The van der Waals surface area contributed by atoms with Crippen LogP contribution >= 0.6 is 0 Å². The van der Waals surface area contributed by atoms with Gasteiger partial charge in [0, 0.05) is 6.54 Å². The Morgan fingerprint density at radius 1 is 1.14 bits per heavy atom. The third-order valence-corrected chi connectivity index (χ3v) is 5.32. The van der Waals surface area contributed by atoms with Crippen LogP contribution in [0.3, 0.4) is 0 Å². The normalized spacial score (nSPS) is 29.2. The summed E-state index contributed by atoms with van der Waals surface area (Å²) in [6.45, 7) is 9.03. The van der Waals surface area contributed by atoms with Crippen molar-refractivity contribution >= 4 is 11.8 Å². The van der Waals surface area contributed by atoms with E-state index in [4.69, 9.17) is 0 Å². The molecule has 1 aliphatic heterocycles. The van der Waals surface area contributed by atoms with E-state index in [0.717, 1.165) is 31.7 Å². The molecular weight excluding hydrogens is 264 g/mol. The minimum atomic E-state index is -0.331. The average molecular weight is 294 g/mol. The molecule has 2 fully saturated rings. The molecule has 21 heavy (non-hydrogen) atoms. The molecule has 4 atom stereocenters. The molecule has 0 aromatic carbocycles. The standard InChI is InChI=1S/C17H30N2O2/c1-5-11(3)14-17(21)19(10-9-13-7-8-13)15(12(4)6-2)16(20)18-14/h11-15H,5-10H2,1-4H3,(H,18,20). The molecule has 2 amide bonds. The highest BCUT2D eigenvalue weighted by molar-refractivity contribution is 5.97. The molecule has 1 N–H and O–H groups in total. The van der Waals surface area contributed by atoms with E-state index in [1.807, 2.05) is 11.8 Å². The number of carbonyl (C=O) groups is 2. The summed E-state index contributed by atoms with van der Waals surface area (Å²) in [6, 6.07) is -0.608. The van der Waals surface area contributed by atoms with Gasteiger partial charge in [-0.3, -0.25) is 9.59 Å². The summed E-state index contributed by atoms with van der Waals surface area (Å²) in [6.07, 6.45) is 5.45. The lowest BCUT2D eigenvalue weighted by Crippen LogP contribution is -2.66. The fourth-order valence-electron chi connectivity index (χ4n) is 3.15. The van der Waals surface area contributed by atoms with Gasteiger partial charge >= 0.3 is 0 Å². The van der Waals surface area contributed by atoms with Crippen LogP contribution in [0.2, 0.25) is 0 Å². The lowest BCUT2D eigenvalue weighted by Gasteiger charge is -2.43. The minimum absolute atomic E-state index is 0.0463. The highest BCUT2D eigenvalue weighted by atomic mass is 16.2. The van der Waals surface area contributed by atoms with Crippen LogP contribution in [0.5, 0.6) is 0 Å². The van der Waals surface area contributed by atoms with Gasteiger partial charge in [-0.15, -0.1) is 0 Å². The van der Waals surface area contributed by atoms with Crippen LogP contribution in [0.25, 0.3) is 0 Å². The van der Waals surface area contributed by atoms with Gasteiger partial charge in [0.05, 0.1) is 0 Å². The molecule has 120 valence electrons. The first kappa shape index (κ1) is 16.3. The zero-order chi connectivity index (χ0) is 15.6. The van der Waals surface area contributed by atoms with Crippen molar-refractivity contribution < 1.29 is 9.59 Å². The van der Waals surface area contributed by atoms with E-state index in [-0.39, 0.29) is 35.7 Å². The second-order valence-electron chi connectivity index (χ2n) is 6.97. The summed E-state index contributed by atoms with van der Waals surface area (Å²) < 4.78 is 0. The van der Waals surface area contributed by atoms with Crippen LogP contribution in [-0.2, 0) is 9.59 Å². The Morgan fingerprint density at radius 3 is 2.29 bits per heavy atom. The van der Waals surface area contributed by atoms with Gasteiger partial charge in [0.25, 0.3) is 0 Å². The fraction of sp³-hybridized carbons (Fsp3) is 0.882. The van der Waals surface area contributed by atoms with E-state index in [9.17, 15) is 9.59 Å². The molecule has 2 aliphatic rings. The predicted molar refractivity (Wildman–Crippen MR) is 83.7 cm³/mol. The van der Waals surface area contributed by atoms with Gasteiger partial charge in [-0.25, -0.2) is 0 Å². The highest BCUT2D eigenvalue weighted by Gasteiger charge is 2.44. The Bertz CT molecular complexity index is 392. The van der Waals surface area contributed by atoms with Crippen LogP contribution in [-0.4, -0.2) is 35.3 Å². The SMILES string of the molecule is CCC(C)C1NC(=O)C(C(C)CC)N(CCC2CC2)C1=O. The van der Waals surface area contributed by atoms with Crippen LogP contribution in [0, 0.1) is 17.8 Å². The molecule has 0 aromatic heterocycles. The summed E-state index contributed by atoms with van der Waals surface area (Å²) >= 11 is 0. The number of nitrogens with zero attached hydrogens (tertiary/aromatic N) is 1. The van der Waals surface area contributed by atoms with E-state index >= 15 is 0 Å². The zero-order valence-electron chi connectivity index (χ0n) is 13.9. The number of piperazine rings is 1. The Balaban J connectivity index is 2.15. The predicted octanol–water partition coefficient (Wildman–Crippen LogP) is 2.57. The molecular formula is C17H30N2O2. The third kappa shape index (κ3) is 3.58. The second-order valence-corrected chi connectivity index (χ2v) is 6.97. The first-order valence-corrected chi connectivity index (χ1v) is 8.60. The Morgan fingerprint density at radius 2 is 1.76 bits per heavy atom. The molecule has 1 saturated carbocycles. The van der Waals surface area contributed by atoms with Crippen molar-refractivity contribution in [2.45, 2.75) is 71.9 Å². The summed E-state index contributed by atoms with van der Waals surface area (Å²) in [5, 5.41) is 2.99. The first-order valence-electron chi connectivity index (χ1n) is 8.60. The van der Waals surface area contributed by atoms with Crippen molar-refractivity contribution in [3.8, 4) is 0 Å². The summed E-state index contributed by atoms with van der Waals surface area (Å²) in [4.78, 5) is 27.3. The van der Waals surface area contributed by atoms with Crippen LogP contribution < -0.4 is 5.32 Å². The number of hydrogen-bond donors (Lipinski definition) is 1. The molecule has 4 heteroatoms.